The van der Waals surface area contributed by atoms with Crippen molar-refractivity contribution in [2.45, 2.75) is 31.2 Å². The number of rotatable bonds is 3. The zero-order chi connectivity index (χ0) is 15.0. The van der Waals surface area contributed by atoms with E-state index in [1.54, 1.807) is 11.0 Å². The molecule has 0 amide bonds. The number of benzene rings is 1. The van der Waals surface area contributed by atoms with Crippen LogP contribution in [0, 0.1) is 17.8 Å². The lowest BCUT2D eigenvalue weighted by Crippen LogP contribution is -2.29. The molecule has 22 heavy (non-hydrogen) atoms. The van der Waals surface area contributed by atoms with Crippen molar-refractivity contribution in [3.8, 4) is 11.8 Å². The van der Waals surface area contributed by atoms with Crippen molar-refractivity contribution in [1.29, 1.82) is 0 Å². The van der Waals surface area contributed by atoms with Crippen molar-refractivity contribution in [2.24, 2.45) is 11.1 Å². The number of aromatic nitrogens is 3. The summed E-state index contributed by atoms with van der Waals surface area (Å²) in [6.45, 7) is 0. The largest absolute Gasteiger partial charge is 0.411 e. The Morgan fingerprint density at radius 1 is 1.27 bits per heavy atom. The average Bonchev–Trinajstić information content (AvgIpc) is 3.48. The quantitative estimate of drug-likeness (QED) is 0.409. The van der Waals surface area contributed by atoms with Gasteiger partial charge in [0.15, 0.2) is 0 Å². The van der Waals surface area contributed by atoms with Gasteiger partial charge < -0.3 is 5.21 Å². The van der Waals surface area contributed by atoms with E-state index in [0.717, 1.165) is 24.0 Å². The normalized spacial score (nSPS) is 19.4. The van der Waals surface area contributed by atoms with Gasteiger partial charge in [-0.2, -0.15) is 5.10 Å². The predicted molar refractivity (Wildman–Crippen MR) is 81.6 cm³/mol. The third-order valence-corrected chi connectivity index (χ3v) is 4.28. The summed E-state index contributed by atoms with van der Waals surface area (Å²) < 4.78 is 1.78. The Labute approximate surface area is 128 Å². The van der Waals surface area contributed by atoms with E-state index >= 15 is 0 Å². The highest BCUT2D eigenvalue weighted by molar-refractivity contribution is 6.07. The number of oxime groups is 1. The zero-order valence-electron chi connectivity index (χ0n) is 12.1. The number of hydrogen-bond donors (Lipinski definition) is 1. The van der Waals surface area contributed by atoms with Crippen LogP contribution in [0.5, 0.6) is 0 Å². The van der Waals surface area contributed by atoms with Crippen LogP contribution in [0.4, 0.5) is 0 Å². The lowest BCUT2D eigenvalue weighted by molar-refractivity contribution is 0.313. The van der Waals surface area contributed by atoms with Gasteiger partial charge in [0.2, 0.25) is 0 Å². The van der Waals surface area contributed by atoms with Crippen molar-refractivity contribution in [3.05, 3.63) is 48.0 Å². The summed E-state index contributed by atoms with van der Waals surface area (Å²) in [4.78, 5) is 4.00. The zero-order valence-corrected chi connectivity index (χ0v) is 12.1. The molecular weight excluding hydrogens is 276 g/mol. The highest BCUT2D eigenvalue weighted by Gasteiger charge is 2.51. The van der Waals surface area contributed by atoms with Gasteiger partial charge in [-0.05, 0) is 37.8 Å². The molecule has 4 rings (SSSR count). The van der Waals surface area contributed by atoms with Crippen LogP contribution < -0.4 is 0 Å². The summed E-state index contributed by atoms with van der Waals surface area (Å²) in [5, 5.41) is 17.3. The Kier molecular flexibility index (Phi) is 2.97. The summed E-state index contributed by atoms with van der Waals surface area (Å²) in [5.41, 5.74) is 2.18. The Bertz CT molecular complexity index is 757. The highest BCUT2D eigenvalue weighted by atomic mass is 16.4. The molecule has 2 aromatic rings. The van der Waals surface area contributed by atoms with E-state index in [0.29, 0.717) is 11.6 Å². The molecule has 1 aromatic heterocycles. The third-order valence-electron chi connectivity index (χ3n) is 4.28. The van der Waals surface area contributed by atoms with Crippen LogP contribution in [-0.2, 0) is 5.54 Å². The molecule has 2 fully saturated rings. The van der Waals surface area contributed by atoms with E-state index in [2.05, 4.69) is 27.1 Å². The maximum Gasteiger partial charge on any atom is 0.137 e. The van der Waals surface area contributed by atoms with E-state index in [1.807, 2.05) is 24.3 Å². The molecule has 2 aliphatic carbocycles. The first-order chi connectivity index (χ1) is 10.8. The second kappa shape index (κ2) is 4.99. The maximum atomic E-state index is 9.51. The Morgan fingerprint density at radius 3 is 2.59 bits per heavy atom. The minimum Gasteiger partial charge on any atom is -0.411 e. The Morgan fingerprint density at radius 2 is 2.05 bits per heavy atom. The van der Waals surface area contributed by atoms with Crippen LogP contribution in [0.3, 0.4) is 0 Å². The topological polar surface area (TPSA) is 63.3 Å². The molecule has 1 N–H and O–H groups in total. The van der Waals surface area contributed by atoms with Crippen LogP contribution in [0.25, 0.3) is 0 Å². The molecule has 0 bridgehead atoms. The fourth-order valence-corrected chi connectivity index (χ4v) is 2.67. The molecule has 1 aromatic carbocycles. The second-order valence-corrected chi connectivity index (χ2v) is 5.94. The molecule has 0 saturated heterocycles. The molecule has 110 valence electrons. The van der Waals surface area contributed by atoms with Crippen molar-refractivity contribution in [2.75, 3.05) is 0 Å². The van der Waals surface area contributed by atoms with E-state index in [-0.39, 0.29) is 5.54 Å². The van der Waals surface area contributed by atoms with Gasteiger partial charge in [0.25, 0.3) is 0 Å². The van der Waals surface area contributed by atoms with Crippen molar-refractivity contribution < 1.29 is 5.21 Å². The van der Waals surface area contributed by atoms with Gasteiger partial charge >= 0.3 is 0 Å². The minimum absolute atomic E-state index is 0.355. The smallest absolute Gasteiger partial charge is 0.137 e. The van der Waals surface area contributed by atoms with Gasteiger partial charge in [0.05, 0.1) is 0 Å². The fraction of sp³-hybridized carbons (Fsp3) is 0.353. The molecule has 5 nitrogen and oxygen atoms in total. The van der Waals surface area contributed by atoms with E-state index in [9.17, 15) is 5.21 Å². The van der Waals surface area contributed by atoms with Crippen molar-refractivity contribution in [1.82, 2.24) is 14.8 Å². The summed E-state index contributed by atoms with van der Waals surface area (Å²) in [6.07, 6.45) is 7.44. The highest BCUT2D eigenvalue weighted by Crippen LogP contribution is 2.45. The second-order valence-electron chi connectivity index (χ2n) is 5.94. The fourth-order valence-electron chi connectivity index (χ4n) is 2.67. The first-order valence-corrected chi connectivity index (χ1v) is 7.51. The van der Waals surface area contributed by atoms with E-state index in [4.69, 9.17) is 0 Å². The summed E-state index contributed by atoms with van der Waals surface area (Å²) >= 11 is 0. The van der Waals surface area contributed by atoms with Crippen molar-refractivity contribution in [3.63, 3.8) is 0 Å². The van der Waals surface area contributed by atoms with Gasteiger partial charge in [0, 0.05) is 17.0 Å². The maximum absolute atomic E-state index is 9.51. The first-order valence-electron chi connectivity index (χ1n) is 7.51. The number of nitrogens with zero attached hydrogens (tertiary/aromatic N) is 4. The van der Waals surface area contributed by atoms with Crippen LogP contribution in [0.1, 0.15) is 36.8 Å². The summed E-state index contributed by atoms with van der Waals surface area (Å²) in [5.74, 6) is 7.04. The predicted octanol–water partition coefficient (Wildman–Crippen LogP) is 2.41. The van der Waals surface area contributed by atoms with Gasteiger partial charge in [0.1, 0.15) is 23.9 Å². The SMILES string of the molecule is O/N=C(\c1ccc(C#CC2CC2)cc1)C1(n2cncn2)CC1. The molecule has 0 radical (unpaired) electrons. The molecule has 0 aliphatic heterocycles. The van der Waals surface area contributed by atoms with Crippen LogP contribution >= 0.6 is 0 Å². The van der Waals surface area contributed by atoms with Crippen LogP contribution in [0.2, 0.25) is 0 Å². The molecule has 2 aliphatic rings. The molecule has 1 heterocycles. The standard InChI is InChI=1S/C17H16N4O/c22-20-16(17(9-10-17)21-12-18-11-19-21)15-7-5-14(6-8-15)4-3-13-1-2-13/h5-8,11-13,22H,1-2,9-10H2/b20-16+. The Hall–Kier alpha value is -2.61. The number of hydrogen-bond acceptors (Lipinski definition) is 4. The molecular formula is C17H16N4O. The molecule has 2 saturated carbocycles. The van der Waals surface area contributed by atoms with E-state index in [1.165, 1.54) is 19.2 Å². The van der Waals surface area contributed by atoms with Gasteiger partial charge in [-0.25, -0.2) is 9.67 Å². The van der Waals surface area contributed by atoms with Crippen molar-refractivity contribution >= 4 is 5.71 Å². The first kappa shape index (κ1) is 13.1. The van der Waals surface area contributed by atoms with Crippen LogP contribution in [0.15, 0.2) is 42.1 Å². The lowest BCUT2D eigenvalue weighted by atomic mass is 10.00. The molecule has 5 heteroatoms. The lowest BCUT2D eigenvalue weighted by Gasteiger charge is -2.17. The van der Waals surface area contributed by atoms with Gasteiger partial charge in [-0.15, -0.1) is 0 Å². The molecule has 0 spiro atoms. The monoisotopic (exact) mass is 292 g/mol. The average molecular weight is 292 g/mol. The van der Waals surface area contributed by atoms with Gasteiger partial charge in [-0.3, -0.25) is 0 Å². The van der Waals surface area contributed by atoms with Crippen LogP contribution in [-0.4, -0.2) is 25.7 Å². The third kappa shape index (κ3) is 2.27. The minimum atomic E-state index is -0.355. The Balaban J connectivity index is 1.61. The van der Waals surface area contributed by atoms with Gasteiger partial charge in [-0.1, -0.05) is 29.1 Å². The molecule has 0 atom stereocenters. The summed E-state index contributed by atoms with van der Waals surface area (Å²) in [6, 6.07) is 7.88. The van der Waals surface area contributed by atoms with E-state index < -0.39 is 0 Å². The molecule has 0 unspecified atom stereocenters. The summed E-state index contributed by atoms with van der Waals surface area (Å²) in [7, 11) is 0.